The van der Waals surface area contributed by atoms with Gasteiger partial charge in [-0.25, -0.2) is 18.7 Å². The highest BCUT2D eigenvalue weighted by Crippen LogP contribution is 2.39. The molecule has 0 atom stereocenters. The number of halogens is 2. The van der Waals surface area contributed by atoms with Gasteiger partial charge >= 0.3 is 0 Å². The number of benzene rings is 3. The van der Waals surface area contributed by atoms with Crippen LogP contribution in [0.25, 0.3) is 33.4 Å². The topological polar surface area (TPSA) is 59.0 Å². The Bertz CT molecular complexity index is 1670. The van der Waals surface area contributed by atoms with Gasteiger partial charge in [0.25, 0.3) is 0 Å². The number of hydrogen-bond acceptors (Lipinski definition) is 5. The molecule has 0 unspecified atom stereocenters. The first-order chi connectivity index (χ1) is 18.0. The van der Waals surface area contributed by atoms with E-state index in [1.165, 1.54) is 6.07 Å². The Morgan fingerprint density at radius 1 is 0.973 bits per heavy atom. The molecule has 0 amide bonds. The molecule has 0 bridgehead atoms. The van der Waals surface area contributed by atoms with E-state index in [9.17, 15) is 13.6 Å². The quantitative estimate of drug-likeness (QED) is 0.282. The van der Waals surface area contributed by atoms with E-state index >= 15 is 0 Å². The van der Waals surface area contributed by atoms with E-state index in [4.69, 9.17) is 9.97 Å². The number of fused-ring (bicyclic) bond motifs is 2. The number of nitrogens with zero attached hydrogens (tertiary/aromatic N) is 4. The first-order valence-electron chi connectivity index (χ1n) is 12.0. The van der Waals surface area contributed by atoms with Crippen LogP contribution in [0.3, 0.4) is 0 Å². The second-order valence-electron chi connectivity index (χ2n) is 9.19. The zero-order valence-electron chi connectivity index (χ0n) is 20.1. The van der Waals surface area contributed by atoms with Crippen LogP contribution in [0.4, 0.5) is 20.3 Å². The van der Waals surface area contributed by atoms with Crippen molar-refractivity contribution in [2.45, 2.75) is 19.8 Å². The van der Waals surface area contributed by atoms with Gasteiger partial charge in [-0.05, 0) is 66.4 Å². The van der Waals surface area contributed by atoms with Crippen LogP contribution in [-0.2, 0) is 17.6 Å². The van der Waals surface area contributed by atoms with Crippen molar-refractivity contribution in [2.24, 2.45) is 0 Å². The van der Waals surface area contributed by atoms with Crippen LogP contribution < -0.4 is 4.90 Å². The average Bonchev–Trinajstić information content (AvgIpc) is 3.32. The number of rotatable bonds is 5. The summed E-state index contributed by atoms with van der Waals surface area (Å²) in [4.78, 5) is 27.7. The van der Waals surface area contributed by atoms with Gasteiger partial charge in [0, 0.05) is 47.6 Å². The Hall–Kier alpha value is -4.52. The summed E-state index contributed by atoms with van der Waals surface area (Å²) in [6.07, 6.45) is 4.61. The van der Waals surface area contributed by atoms with Crippen molar-refractivity contribution in [2.75, 3.05) is 11.4 Å². The first-order valence-corrected chi connectivity index (χ1v) is 12.0. The summed E-state index contributed by atoms with van der Waals surface area (Å²) in [6.45, 7) is 2.28. The van der Waals surface area contributed by atoms with Crippen LogP contribution in [-0.4, -0.2) is 27.3 Å². The van der Waals surface area contributed by atoms with Gasteiger partial charge in [-0.2, -0.15) is 0 Å². The van der Waals surface area contributed by atoms with Crippen molar-refractivity contribution in [3.8, 4) is 22.5 Å². The lowest BCUT2D eigenvalue weighted by molar-refractivity contribution is -0.116. The summed E-state index contributed by atoms with van der Waals surface area (Å²) < 4.78 is 28.6. The Morgan fingerprint density at radius 3 is 2.68 bits per heavy atom. The minimum absolute atomic E-state index is 0.120. The molecule has 2 aromatic heterocycles. The molecule has 0 saturated carbocycles. The lowest BCUT2D eigenvalue weighted by Crippen LogP contribution is -2.16. The number of anilines is 2. The highest BCUT2D eigenvalue weighted by molar-refractivity contribution is 5.96. The molecule has 0 saturated heterocycles. The molecule has 1 aliphatic heterocycles. The van der Waals surface area contributed by atoms with Gasteiger partial charge in [-0.1, -0.05) is 30.3 Å². The van der Waals surface area contributed by atoms with Gasteiger partial charge in [-0.15, -0.1) is 0 Å². The lowest BCUT2D eigenvalue weighted by atomic mass is 10.0. The Morgan fingerprint density at radius 2 is 1.86 bits per heavy atom. The summed E-state index contributed by atoms with van der Waals surface area (Å²) in [6, 6.07) is 19.3. The lowest BCUT2D eigenvalue weighted by Gasteiger charge is -2.21. The zero-order chi connectivity index (χ0) is 25.5. The predicted molar refractivity (Wildman–Crippen MR) is 140 cm³/mol. The predicted octanol–water partition coefficient (Wildman–Crippen LogP) is 6.46. The van der Waals surface area contributed by atoms with E-state index in [1.54, 1.807) is 31.5 Å². The molecule has 0 spiro atoms. The fourth-order valence-electron chi connectivity index (χ4n) is 4.91. The number of aromatic nitrogens is 3. The van der Waals surface area contributed by atoms with Crippen LogP contribution in [0.15, 0.2) is 79.1 Å². The van der Waals surface area contributed by atoms with Crippen LogP contribution in [0, 0.1) is 11.6 Å². The second kappa shape index (κ2) is 9.17. The Labute approximate surface area is 212 Å². The maximum atomic E-state index is 14.7. The fraction of sp³-hybridized carbons (Fsp3) is 0.133. The fourth-order valence-corrected chi connectivity index (χ4v) is 4.91. The van der Waals surface area contributed by atoms with Crippen LogP contribution in [0.5, 0.6) is 0 Å². The largest absolute Gasteiger partial charge is 0.325 e. The maximum Gasteiger partial charge on any atom is 0.166 e. The van der Waals surface area contributed by atoms with E-state index in [0.29, 0.717) is 35.7 Å². The summed E-state index contributed by atoms with van der Waals surface area (Å²) >= 11 is 0. The molecule has 0 N–H and O–H groups in total. The maximum absolute atomic E-state index is 14.7. The van der Waals surface area contributed by atoms with E-state index in [-0.39, 0.29) is 11.3 Å². The van der Waals surface area contributed by atoms with Gasteiger partial charge in [0.1, 0.15) is 11.6 Å². The second-order valence-corrected chi connectivity index (χ2v) is 9.19. The molecule has 6 rings (SSSR count). The van der Waals surface area contributed by atoms with Gasteiger partial charge in [0.2, 0.25) is 0 Å². The van der Waals surface area contributed by atoms with Crippen LogP contribution in [0.1, 0.15) is 18.1 Å². The summed E-state index contributed by atoms with van der Waals surface area (Å²) in [7, 11) is 0. The standard InChI is InChI=1S/C30H22F2N4O/c1-18(37)14-19-7-10-27-21(15-19)11-13-36(27)30-24-16-20(23-5-2-6-25(31)28(23)32)8-9-26(24)34-29(35-30)22-4-3-12-33-17-22/h2-10,12,15-17H,11,13-14H2,1H3. The van der Waals surface area contributed by atoms with Crippen LogP contribution in [0.2, 0.25) is 0 Å². The molecule has 5 aromatic rings. The monoisotopic (exact) mass is 492 g/mol. The van der Waals surface area contributed by atoms with E-state index in [1.807, 2.05) is 36.4 Å². The number of ketones is 1. The number of carbonyl (C=O) groups is 1. The van der Waals surface area contributed by atoms with E-state index in [0.717, 1.165) is 40.3 Å². The van der Waals surface area contributed by atoms with E-state index < -0.39 is 11.6 Å². The molecule has 1 aliphatic rings. The van der Waals surface area contributed by atoms with Gasteiger partial charge in [-0.3, -0.25) is 9.78 Å². The van der Waals surface area contributed by atoms with Crippen molar-refractivity contribution >= 4 is 28.2 Å². The number of carbonyl (C=O) groups excluding carboxylic acids is 1. The van der Waals surface area contributed by atoms with E-state index in [2.05, 4.69) is 16.0 Å². The molecule has 182 valence electrons. The molecular weight excluding hydrogens is 470 g/mol. The summed E-state index contributed by atoms with van der Waals surface area (Å²) in [5, 5.41) is 0.731. The molecular formula is C30H22F2N4O. The normalized spacial score (nSPS) is 12.7. The molecule has 3 aromatic carbocycles. The van der Waals surface area contributed by atoms with Crippen molar-refractivity contribution in [1.82, 2.24) is 15.0 Å². The number of Topliss-reactive ketones (excluding diaryl/α,β-unsaturated/α-hetero) is 1. The van der Waals surface area contributed by atoms with Gasteiger partial charge in [0.15, 0.2) is 17.5 Å². The third kappa shape index (κ3) is 4.22. The summed E-state index contributed by atoms with van der Waals surface area (Å²) in [5.74, 6) is -0.450. The highest BCUT2D eigenvalue weighted by atomic mass is 19.2. The van der Waals surface area contributed by atoms with Crippen molar-refractivity contribution in [1.29, 1.82) is 0 Å². The Kier molecular flexibility index (Phi) is 5.68. The smallest absolute Gasteiger partial charge is 0.166 e. The minimum Gasteiger partial charge on any atom is -0.325 e. The molecule has 3 heterocycles. The number of hydrogen-bond donors (Lipinski definition) is 0. The SMILES string of the molecule is CC(=O)Cc1ccc2c(c1)CCN2c1nc(-c2cccnc2)nc2ccc(-c3cccc(F)c3F)cc12. The third-order valence-electron chi connectivity index (χ3n) is 6.61. The third-order valence-corrected chi connectivity index (χ3v) is 6.61. The summed E-state index contributed by atoms with van der Waals surface area (Å²) in [5.41, 5.74) is 5.32. The number of pyridine rings is 1. The molecule has 0 radical (unpaired) electrons. The zero-order valence-corrected chi connectivity index (χ0v) is 20.1. The van der Waals surface area contributed by atoms with Gasteiger partial charge < -0.3 is 4.90 Å². The minimum atomic E-state index is -0.893. The highest BCUT2D eigenvalue weighted by Gasteiger charge is 2.25. The van der Waals surface area contributed by atoms with Crippen molar-refractivity contribution in [3.05, 3.63) is 102 Å². The first kappa shape index (κ1) is 22.9. The molecule has 37 heavy (non-hydrogen) atoms. The molecule has 0 aliphatic carbocycles. The van der Waals surface area contributed by atoms with Crippen LogP contribution >= 0.6 is 0 Å². The van der Waals surface area contributed by atoms with Crippen molar-refractivity contribution in [3.63, 3.8) is 0 Å². The molecule has 5 nitrogen and oxygen atoms in total. The van der Waals surface area contributed by atoms with Crippen molar-refractivity contribution < 1.29 is 13.6 Å². The molecule has 0 fully saturated rings. The molecule has 7 heteroatoms. The van der Waals surface area contributed by atoms with Gasteiger partial charge in [0.05, 0.1) is 5.52 Å². The average molecular weight is 493 g/mol. The Balaban J connectivity index is 1.54.